The highest BCUT2D eigenvalue weighted by Crippen LogP contribution is 2.25. The van der Waals surface area contributed by atoms with E-state index < -0.39 is 0 Å². The van der Waals surface area contributed by atoms with E-state index in [1.54, 1.807) is 0 Å². The Morgan fingerprint density at radius 3 is 2.33 bits per heavy atom. The Bertz CT molecular complexity index is 149. The highest BCUT2D eigenvalue weighted by molar-refractivity contribution is 4.97. The standard InChI is InChI=1S/C11H19N/c1-2-11(12)9-10-7-5-3-4-6-8-10/h1,10-11H,3-9,12H2. The summed E-state index contributed by atoms with van der Waals surface area (Å²) in [4.78, 5) is 0. The van der Waals surface area contributed by atoms with E-state index in [0.29, 0.717) is 0 Å². The van der Waals surface area contributed by atoms with Gasteiger partial charge in [-0.3, -0.25) is 0 Å². The molecular formula is C11H19N. The fourth-order valence-corrected chi connectivity index (χ4v) is 2.03. The van der Waals surface area contributed by atoms with E-state index in [2.05, 4.69) is 5.92 Å². The summed E-state index contributed by atoms with van der Waals surface area (Å²) in [5, 5.41) is 0. The largest absolute Gasteiger partial charge is 0.318 e. The molecule has 0 aliphatic heterocycles. The Kier molecular flexibility index (Phi) is 4.18. The highest BCUT2D eigenvalue weighted by Gasteiger charge is 2.14. The van der Waals surface area contributed by atoms with Gasteiger partial charge in [-0.2, -0.15) is 0 Å². The third-order valence-electron chi connectivity index (χ3n) is 2.78. The molecule has 1 atom stereocenters. The molecule has 1 aliphatic rings. The van der Waals surface area contributed by atoms with Gasteiger partial charge >= 0.3 is 0 Å². The molecule has 1 rings (SSSR count). The lowest BCUT2D eigenvalue weighted by atomic mass is 9.93. The van der Waals surface area contributed by atoms with Crippen LogP contribution in [0.25, 0.3) is 0 Å². The average Bonchev–Trinajstić information content (AvgIpc) is 2.33. The van der Waals surface area contributed by atoms with E-state index >= 15 is 0 Å². The van der Waals surface area contributed by atoms with E-state index in [4.69, 9.17) is 12.2 Å². The van der Waals surface area contributed by atoms with Crippen molar-refractivity contribution in [3.63, 3.8) is 0 Å². The first-order chi connectivity index (χ1) is 5.83. The zero-order chi connectivity index (χ0) is 8.81. The third-order valence-corrected chi connectivity index (χ3v) is 2.78. The van der Waals surface area contributed by atoms with E-state index in [1.165, 1.54) is 38.5 Å². The van der Waals surface area contributed by atoms with Crippen LogP contribution in [0.3, 0.4) is 0 Å². The van der Waals surface area contributed by atoms with Crippen LogP contribution in [0.4, 0.5) is 0 Å². The molecular weight excluding hydrogens is 146 g/mol. The van der Waals surface area contributed by atoms with Crippen molar-refractivity contribution in [3.05, 3.63) is 0 Å². The number of hydrogen-bond donors (Lipinski definition) is 1. The maximum absolute atomic E-state index is 5.72. The maximum Gasteiger partial charge on any atom is 0.0664 e. The van der Waals surface area contributed by atoms with Gasteiger partial charge in [0, 0.05) is 0 Å². The minimum absolute atomic E-state index is 0.00639. The van der Waals surface area contributed by atoms with Crippen molar-refractivity contribution < 1.29 is 0 Å². The molecule has 0 aromatic rings. The molecule has 1 aliphatic carbocycles. The molecule has 0 aromatic carbocycles. The SMILES string of the molecule is C#CC(N)CC1CCCCCC1. The molecule has 0 spiro atoms. The van der Waals surface area contributed by atoms with Crippen LogP contribution in [-0.2, 0) is 0 Å². The van der Waals surface area contributed by atoms with Crippen LogP contribution in [0.2, 0.25) is 0 Å². The quantitative estimate of drug-likeness (QED) is 0.493. The summed E-state index contributed by atoms with van der Waals surface area (Å²) in [6.45, 7) is 0. The average molecular weight is 165 g/mol. The maximum atomic E-state index is 5.72. The monoisotopic (exact) mass is 165 g/mol. The molecule has 0 amide bonds. The van der Waals surface area contributed by atoms with Gasteiger partial charge in [0.05, 0.1) is 6.04 Å². The Hall–Kier alpha value is -0.480. The van der Waals surface area contributed by atoms with E-state index in [9.17, 15) is 0 Å². The summed E-state index contributed by atoms with van der Waals surface area (Å²) >= 11 is 0. The first kappa shape index (κ1) is 9.61. The zero-order valence-electron chi connectivity index (χ0n) is 7.76. The molecule has 12 heavy (non-hydrogen) atoms. The molecule has 1 nitrogen and oxygen atoms in total. The van der Waals surface area contributed by atoms with Crippen LogP contribution >= 0.6 is 0 Å². The summed E-state index contributed by atoms with van der Waals surface area (Å²) in [5.74, 6) is 3.41. The summed E-state index contributed by atoms with van der Waals surface area (Å²) in [6, 6.07) is -0.00639. The van der Waals surface area contributed by atoms with Gasteiger partial charge in [-0.25, -0.2) is 0 Å². The summed E-state index contributed by atoms with van der Waals surface area (Å²) in [5.41, 5.74) is 5.72. The second kappa shape index (κ2) is 5.22. The van der Waals surface area contributed by atoms with Crippen LogP contribution < -0.4 is 5.73 Å². The summed E-state index contributed by atoms with van der Waals surface area (Å²) in [7, 11) is 0. The second-order valence-corrected chi connectivity index (χ2v) is 3.87. The molecule has 1 heteroatoms. The predicted octanol–water partition coefficient (Wildman–Crippen LogP) is 2.31. The predicted molar refractivity (Wildman–Crippen MR) is 52.6 cm³/mol. The van der Waals surface area contributed by atoms with Gasteiger partial charge in [0.2, 0.25) is 0 Å². The van der Waals surface area contributed by atoms with Gasteiger partial charge in [-0.05, 0) is 12.3 Å². The number of terminal acetylenes is 1. The number of nitrogens with two attached hydrogens (primary N) is 1. The fraction of sp³-hybridized carbons (Fsp3) is 0.818. The molecule has 0 bridgehead atoms. The van der Waals surface area contributed by atoms with E-state index in [-0.39, 0.29) is 6.04 Å². The smallest absolute Gasteiger partial charge is 0.0664 e. The lowest BCUT2D eigenvalue weighted by molar-refractivity contribution is 0.414. The third kappa shape index (κ3) is 3.28. The second-order valence-electron chi connectivity index (χ2n) is 3.87. The van der Waals surface area contributed by atoms with Crippen molar-refractivity contribution in [2.75, 3.05) is 0 Å². The van der Waals surface area contributed by atoms with Gasteiger partial charge in [0.1, 0.15) is 0 Å². The Balaban J connectivity index is 2.25. The molecule has 68 valence electrons. The first-order valence-corrected chi connectivity index (χ1v) is 5.04. The van der Waals surface area contributed by atoms with E-state index in [1.807, 2.05) is 0 Å². The molecule has 1 fully saturated rings. The Morgan fingerprint density at radius 1 is 1.25 bits per heavy atom. The van der Waals surface area contributed by atoms with Crippen molar-refractivity contribution in [2.24, 2.45) is 11.7 Å². The van der Waals surface area contributed by atoms with Crippen molar-refractivity contribution in [1.82, 2.24) is 0 Å². The minimum atomic E-state index is -0.00639. The minimum Gasteiger partial charge on any atom is -0.318 e. The van der Waals surface area contributed by atoms with Crippen LogP contribution in [0.1, 0.15) is 44.9 Å². The number of hydrogen-bond acceptors (Lipinski definition) is 1. The zero-order valence-corrected chi connectivity index (χ0v) is 7.76. The van der Waals surface area contributed by atoms with Crippen molar-refractivity contribution >= 4 is 0 Å². The van der Waals surface area contributed by atoms with Crippen molar-refractivity contribution in [3.8, 4) is 12.3 Å². The van der Waals surface area contributed by atoms with Gasteiger partial charge in [0.25, 0.3) is 0 Å². The normalized spacial score (nSPS) is 22.7. The van der Waals surface area contributed by atoms with Crippen LogP contribution in [0.15, 0.2) is 0 Å². The summed E-state index contributed by atoms with van der Waals surface area (Å²) < 4.78 is 0. The molecule has 0 saturated heterocycles. The first-order valence-electron chi connectivity index (χ1n) is 5.04. The van der Waals surface area contributed by atoms with Crippen molar-refractivity contribution in [2.45, 2.75) is 51.0 Å². The lowest BCUT2D eigenvalue weighted by Gasteiger charge is -2.15. The van der Waals surface area contributed by atoms with Gasteiger partial charge in [-0.15, -0.1) is 6.42 Å². The molecule has 0 heterocycles. The highest BCUT2D eigenvalue weighted by atomic mass is 14.6. The van der Waals surface area contributed by atoms with Crippen LogP contribution in [0.5, 0.6) is 0 Å². The van der Waals surface area contributed by atoms with Gasteiger partial charge in [0.15, 0.2) is 0 Å². The summed E-state index contributed by atoms with van der Waals surface area (Å²) in [6.07, 6.45) is 14.5. The Morgan fingerprint density at radius 2 is 1.83 bits per heavy atom. The fourth-order valence-electron chi connectivity index (χ4n) is 2.03. The Labute approximate surface area is 75.7 Å². The van der Waals surface area contributed by atoms with Crippen molar-refractivity contribution in [1.29, 1.82) is 0 Å². The van der Waals surface area contributed by atoms with E-state index in [0.717, 1.165) is 12.3 Å². The molecule has 0 aromatic heterocycles. The van der Waals surface area contributed by atoms with Gasteiger partial charge in [-0.1, -0.05) is 44.4 Å². The molecule has 2 N–H and O–H groups in total. The molecule has 1 saturated carbocycles. The van der Waals surface area contributed by atoms with Gasteiger partial charge < -0.3 is 5.73 Å². The molecule has 1 unspecified atom stereocenters. The number of rotatable bonds is 2. The topological polar surface area (TPSA) is 26.0 Å². The molecule has 0 radical (unpaired) electrons. The lowest BCUT2D eigenvalue weighted by Crippen LogP contribution is -2.21. The van der Waals surface area contributed by atoms with Crippen LogP contribution in [0, 0.1) is 18.3 Å². The van der Waals surface area contributed by atoms with Crippen LogP contribution in [-0.4, -0.2) is 6.04 Å².